The molecule has 9 rings (SSSR count). The number of ether oxygens (including phenoxy) is 1. The maximum atomic E-state index is 14.8. The summed E-state index contributed by atoms with van der Waals surface area (Å²) in [6.45, 7) is 0. The molecule has 0 saturated heterocycles. The van der Waals surface area contributed by atoms with Crippen LogP contribution in [0, 0.1) is 5.92 Å². The van der Waals surface area contributed by atoms with Crippen LogP contribution in [0.2, 0.25) is 0 Å². The van der Waals surface area contributed by atoms with Crippen LogP contribution in [0.1, 0.15) is 127 Å². The summed E-state index contributed by atoms with van der Waals surface area (Å²) in [4.78, 5) is 35.7. The first-order valence-electron chi connectivity index (χ1n) is 21.1. The van der Waals surface area contributed by atoms with E-state index in [1.165, 1.54) is 11.1 Å². The van der Waals surface area contributed by atoms with E-state index < -0.39 is 5.92 Å². The third-order valence-corrected chi connectivity index (χ3v) is 13.0. The highest BCUT2D eigenvalue weighted by atomic mass is 16.5. The number of phenols is 2. The number of aromatic hydroxyl groups is 2. The molecule has 1 saturated carbocycles. The summed E-state index contributed by atoms with van der Waals surface area (Å²) in [6.07, 6.45) is 16.7. The molecule has 8 nitrogen and oxygen atoms in total. The van der Waals surface area contributed by atoms with Gasteiger partial charge in [0.05, 0.1) is 12.5 Å². The summed E-state index contributed by atoms with van der Waals surface area (Å²) >= 11 is 0. The van der Waals surface area contributed by atoms with E-state index in [4.69, 9.17) is 4.74 Å². The number of phenolic OH excluding ortho intramolecular Hbond substituents is 2. The Balaban J connectivity index is 1.08. The number of nitrogens with one attached hydrogen (secondary N) is 3. The summed E-state index contributed by atoms with van der Waals surface area (Å²) < 4.78 is 6.43. The Morgan fingerprint density at radius 2 is 1.61 bits per heavy atom. The molecule has 8 heteroatoms. The van der Waals surface area contributed by atoms with Crippen LogP contribution in [-0.2, 0) is 28.9 Å². The van der Waals surface area contributed by atoms with Gasteiger partial charge in [0.25, 0.3) is 0 Å². The van der Waals surface area contributed by atoms with E-state index in [1.807, 2.05) is 42.7 Å². The van der Waals surface area contributed by atoms with Gasteiger partial charge in [-0.05, 0) is 140 Å². The lowest BCUT2D eigenvalue weighted by atomic mass is 9.69. The Bertz CT molecular complexity index is 2290. The van der Waals surface area contributed by atoms with Crippen molar-refractivity contribution in [2.45, 2.75) is 114 Å². The highest BCUT2D eigenvalue weighted by molar-refractivity contribution is 6.02. The lowest BCUT2D eigenvalue weighted by molar-refractivity contribution is -0.129. The number of anilines is 1. The number of rotatable bonds is 7. The van der Waals surface area contributed by atoms with Crippen LogP contribution in [0.5, 0.6) is 17.2 Å². The molecule has 57 heavy (non-hydrogen) atoms. The summed E-state index contributed by atoms with van der Waals surface area (Å²) in [5.74, 6) is 1.43. The van der Waals surface area contributed by atoms with Crippen molar-refractivity contribution in [2.75, 3.05) is 5.32 Å². The number of unbranched alkanes of at least 4 members (excludes halogenated alkanes) is 1. The lowest BCUT2D eigenvalue weighted by Gasteiger charge is -2.36. The van der Waals surface area contributed by atoms with Crippen molar-refractivity contribution in [1.29, 1.82) is 0 Å². The maximum Gasteiger partial charge on any atom is 0.161 e. The van der Waals surface area contributed by atoms with E-state index in [9.17, 15) is 19.8 Å². The minimum atomic E-state index is -0.445. The van der Waals surface area contributed by atoms with E-state index >= 15 is 0 Å². The smallest absolute Gasteiger partial charge is 0.161 e. The number of benzene rings is 3. The van der Waals surface area contributed by atoms with Gasteiger partial charge in [-0.2, -0.15) is 0 Å². The highest BCUT2D eigenvalue weighted by Gasteiger charge is 2.41. The molecule has 5 N–H and O–H groups in total. The largest absolute Gasteiger partial charge is 0.508 e. The van der Waals surface area contributed by atoms with Gasteiger partial charge in [-0.15, -0.1) is 0 Å². The second-order valence-corrected chi connectivity index (χ2v) is 16.9. The molecular weight excluding hydrogens is 711 g/mol. The Kier molecular flexibility index (Phi) is 10.5. The topological polar surface area (TPSA) is 127 Å². The average molecular weight is 764 g/mol. The zero-order valence-electron chi connectivity index (χ0n) is 32.6. The van der Waals surface area contributed by atoms with Crippen LogP contribution in [-0.4, -0.2) is 43.9 Å². The molecule has 294 valence electrons. The van der Waals surface area contributed by atoms with Gasteiger partial charge in [0.2, 0.25) is 0 Å². The quantitative estimate of drug-likeness (QED) is 0.0830. The Morgan fingerprint density at radius 1 is 0.772 bits per heavy atom. The molecule has 6 bridgehead atoms. The highest BCUT2D eigenvalue weighted by Crippen LogP contribution is 2.47. The lowest BCUT2D eigenvalue weighted by Crippen LogP contribution is -2.36. The van der Waals surface area contributed by atoms with Crippen LogP contribution < -0.4 is 10.1 Å². The van der Waals surface area contributed by atoms with Crippen molar-refractivity contribution in [2.24, 2.45) is 5.92 Å². The van der Waals surface area contributed by atoms with Crippen LogP contribution in [0.4, 0.5) is 5.82 Å². The molecule has 3 heterocycles. The van der Waals surface area contributed by atoms with Gasteiger partial charge in [0.1, 0.15) is 23.1 Å². The summed E-state index contributed by atoms with van der Waals surface area (Å²) in [7, 11) is 0. The SMILES string of the molecule is O=C1CCc2cc(c(O)c(OC3CCCC3)c2)Cc2cccc(c2)C2CCC(Nc3[nH]ccc32)C2=Cc3[nH]ccc3C(CCCCc3cccc(O)c3)C2C(=O)C1. The minimum absolute atomic E-state index is 0.0177. The molecule has 3 aromatic carbocycles. The number of carbonyl (C=O) groups is 2. The van der Waals surface area contributed by atoms with Crippen molar-refractivity contribution in [3.63, 3.8) is 0 Å². The zero-order chi connectivity index (χ0) is 38.9. The van der Waals surface area contributed by atoms with Crippen molar-refractivity contribution in [3.8, 4) is 17.2 Å². The molecule has 0 spiro atoms. The molecule has 4 unspecified atom stereocenters. The number of aromatic nitrogens is 2. The van der Waals surface area contributed by atoms with Gasteiger partial charge in [0, 0.05) is 59.9 Å². The predicted molar refractivity (Wildman–Crippen MR) is 223 cm³/mol. The first-order chi connectivity index (χ1) is 27.9. The molecular formula is C49H53N3O5. The van der Waals surface area contributed by atoms with Crippen LogP contribution >= 0.6 is 0 Å². The number of Topliss-reactive ketones (excluding diaryl/α,β-unsaturated/α-hetero) is 2. The standard InChI is InChI=1S/C49H53N3O5/c53-35-11-6-8-30(26-35)7-1-4-14-40-39-19-21-50-44(39)29-42-43-18-17-38(41-20-22-51-49(41)52-43)33-10-5-9-31(23-33)24-34-25-32(15-16-36(54)28-45(55)47(40)42)27-46(48(34)56)57-37-12-2-3-13-37/h5-6,8-11,19-23,25-27,29,37-38,40,43,47,50-53,56H,1-4,7,12-18,24,28H2. The number of aryl methyl sites for hydroxylation is 2. The van der Waals surface area contributed by atoms with E-state index in [0.29, 0.717) is 18.6 Å². The van der Waals surface area contributed by atoms with Crippen molar-refractivity contribution < 1.29 is 24.5 Å². The zero-order valence-corrected chi connectivity index (χ0v) is 32.6. The Morgan fingerprint density at radius 3 is 2.49 bits per heavy atom. The van der Waals surface area contributed by atoms with Crippen LogP contribution in [0.25, 0.3) is 6.08 Å². The number of aromatic amines is 2. The molecule has 1 aliphatic heterocycles. The first-order valence-corrected chi connectivity index (χ1v) is 21.1. The molecule has 5 aromatic rings. The number of fused-ring (bicyclic) bond motifs is 13. The molecule has 1 fully saturated rings. The molecule has 2 aromatic heterocycles. The second kappa shape index (κ2) is 16.2. The Labute approximate surface area is 334 Å². The first kappa shape index (κ1) is 37.1. The third kappa shape index (κ3) is 7.92. The Hall–Kier alpha value is -5.50. The summed E-state index contributed by atoms with van der Waals surface area (Å²) in [5, 5.41) is 25.5. The minimum Gasteiger partial charge on any atom is -0.508 e. The van der Waals surface area contributed by atoms with Gasteiger partial charge in [0.15, 0.2) is 11.5 Å². The third-order valence-electron chi connectivity index (χ3n) is 13.0. The molecule has 0 radical (unpaired) electrons. The molecule has 3 aliphatic carbocycles. The van der Waals surface area contributed by atoms with E-state index in [2.05, 4.69) is 57.8 Å². The van der Waals surface area contributed by atoms with Crippen LogP contribution in [0.3, 0.4) is 0 Å². The molecule has 4 aliphatic rings. The van der Waals surface area contributed by atoms with Gasteiger partial charge < -0.3 is 30.2 Å². The van der Waals surface area contributed by atoms with Crippen LogP contribution in [0.15, 0.2) is 90.8 Å². The number of hydrogen-bond donors (Lipinski definition) is 5. The maximum absolute atomic E-state index is 14.8. The number of ketones is 2. The van der Waals surface area contributed by atoms with Crippen molar-refractivity contribution in [1.82, 2.24) is 9.97 Å². The number of carbonyl (C=O) groups excluding carboxylic acids is 2. The van der Waals surface area contributed by atoms with Gasteiger partial charge in [-0.3, -0.25) is 9.59 Å². The predicted octanol–water partition coefficient (Wildman–Crippen LogP) is 10.1. The molecule has 4 atom stereocenters. The summed E-state index contributed by atoms with van der Waals surface area (Å²) in [6, 6.07) is 24.3. The number of hydrogen-bond acceptors (Lipinski definition) is 6. The van der Waals surface area contributed by atoms with E-state index in [0.717, 1.165) is 109 Å². The average Bonchev–Trinajstić information content (AvgIpc) is 3.98. The normalized spacial score (nSPS) is 22.4. The van der Waals surface area contributed by atoms with Gasteiger partial charge in [-0.1, -0.05) is 48.9 Å². The van der Waals surface area contributed by atoms with Crippen molar-refractivity contribution in [3.05, 3.63) is 135 Å². The van der Waals surface area contributed by atoms with Gasteiger partial charge >= 0.3 is 0 Å². The molecule has 0 amide bonds. The van der Waals surface area contributed by atoms with E-state index in [1.54, 1.807) is 6.07 Å². The van der Waals surface area contributed by atoms with Crippen molar-refractivity contribution >= 4 is 23.5 Å². The fraction of sp³-hybridized carbons (Fsp3) is 0.388. The monoisotopic (exact) mass is 763 g/mol. The summed E-state index contributed by atoms with van der Waals surface area (Å²) in [5.41, 5.74) is 9.59. The fourth-order valence-electron chi connectivity index (χ4n) is 10.2. The van der Waals surface area contributed by atoms with E-state index in [-0.39, 0.29) is 59.9 Å². The van der Waals surface area contributed by atoms with Gasteiger partial charge in [-0.25, -0.2) is 0 Å². The number of H-pyrrole nitrogens is 2. The second-order valence-electron chi connectivity index (χ2n) is 16.9. The fourth-order valence-corrected chi connectivity index (χ4v) is 10.2.